The summed E-state index contributed by atoms with van der Waals surface area (Å²) in [5.74, 6) is -0.344. The maximum Gasteiger partial charge on any atom is 0.270 e. The van der Waals surface area contributed by atoms with E-state index in [1.54, 1.807) is 34.6 Å². The van der Waals surface area contributed by atoms with E-state index in [1.807, 2.05) is 14.0 Å². The molecule has 1 N–H and O–H groups in total. The highest BCUT2D eigenvalue weighted by Gasteiger charge is 2.17. The van der Waals surface area contributed by atoms with Gasteiger partial charge in [0.15, 0.2) is 11.6 Å². The summed E-state index contributed by atoms with van der Waals surface area (Å²) < 4.78 is 17.8. The van der Waals surface area contributed by atoms with Crippen LogP contribution >= 0.6 is 0 Å². The molecule has 3 heterocycles. The molecule has 9 nitrogen and oxygen atoms in total. The minimum Gasteiger partial charge on any atom is -0.321 e. The summed E-state index contributed by atoms with van der Waals surface area (Å²) in [6.07, 6.45) is 4.41. The molecule has 0 aliphatic carbocycles. The number of nitro groups is 1. The molecule has 0 saturated heterocycles. The number of nitrogens with one attached hydrogen (secondary N) is 1. The van der Waals surface area contributed by atoms with Crippen molar-refractivity contribution in [3.05, 3.63) is 64.0 Å². The third-order valence-corrected chi connectivity index (χ3v) is 4.63. The molecular weight excluding hydrogens is 365 g/mol. The van der Waals surface area contributed by atoms with E-state index in [-0.39, 0.29) is 17.5 Å². The van der Waals surface area contributed by atoms with Gasteiger partial charge in [0.1, 0.15) is 0 Å². The molecule has 28 heavy (non-hydrogen) atoms. The van der Waals surface area contributed by atoms with Crippen LogP contribution in [-0.2, 0) is 7.05 Å². The molecule has 0 aliphatic rings. The summed E-state index contributed by atoms with van der Waals surface area (Å²) in [6.45, 7) is 3.69. The number of non-ortho nitro benzene ring substituents is 1. The van der Waals surface area contributed by atoms with E-state index in [0.717, 1.165) is 17.5 Å². The van der Waals surface area contributed by atoms with Crippen LogP contribution in [0.25, 0.3) is 16.7 Å². The van der Waals surface area contributed by atoms with Crippen LogP contribution in [0.3, 0.4) is 0 Å². The smallest absolute Gasteiger partial charge is 0.270 e. The third kappa shape index (κ3) is 2.84. The Balaban J connectivity index is 1.81. The molecule has 1 aromatic carbocycles. The zero-order valence-corrected chi connectivity index (χ0v) is 15.3. The molecule has 4 rings (SSSR count). The van der Waals surface area contributed by atoms with Gasteiger partial charge in [-0.15, -0.1) is 0 Å². The van der Waals surface area contributed by atoms with E-state index in [4.69, 9.17) is 0 Å². The van der Waals surface area contributed by atoms with Crippen molar-refractivity contribution in [1.82, 2.24) is 24.3 Å². The summed E-state index contributed by atoms with van der Waals surface area (Å²) in [6, 6.07) is 4.44. The highest BCUT2D eigenvalue weighted by Crippen LogP contribution is 2.29. The van der Waals surface area contributed by atoms with Gasteiger partial charge >= 0.3 is 0 Å². The van der Waals surface area contributed by atoms with Gasteiger partial charge in [-0.25, -0.2) is 9.37 Å². The molecule has 0 amide bonds. The minimum atomic E-state index is -0.608. The quantitative estimate of drug-likeness (QED) is 0.428. The van der Waals surface area contributed by atoms with Crippen molar-refractivity contribution in [3.8, 4) is 5.82 Å². The molecule has 0 atom stereocenters. The summed E-state index contributed by atoms with van der Waals surface area (Å²) in [5, 5.41) is 18.9. The number of benzene rings is 1. The number of nitrogens with zero attached hydrogens (tertiary/aromatic N) is 6. The van der Waals surface area contributed by atoms with Crippen LogP contribution in [0.4, 0.5) is 21.7 Å². The standard InChI is InChI=1S/C18H16FN7O2/c1-10-9-25(16-5-4-12(26(27)28)6-13(10)16)17-14(19)7-20-18(23-17)22-15-8-21-24(3)11(15)2/h4-9H,1-3H3,(H,20,22,23). The Morgan fingerprint density at radius 2 is 2.04 bits per heavy atom. The van der Waals surface area contributed by atoms with E-state index in [0.29, 0.717) is 16.6 Å². The number of fused-ring (bicyclic) bond motifs is 1. The predicted molar refractivity (Wildman–Crippen MR) is 101 cm³/mol. The van der Waals surface area contributed by atoms with Crippen molar-refractivity contribution in [2.24, 2.45) is 7.05 Å². The van der Waals surface area contributed by atoms with Gasteiger partial charge in [-0.05, 0) is 25.5 Å². The van der Waals surface area contributed by atoms with Gasteiger partial charge in [0.05, 0.1) is 34.2 Å². The average molecular weight is 381 g/mol. The first-order chi connectivity index (χ1) is 13.3. The lowest BCUT2D eigenvalue weighted by Crippen LogP contribution is -2.06. The van der Waals surface area contributed by atoms with Crippen LogP contribution in [0.2, 0.25) is 0 Å². The Morgan fingerprint density at radius 3 is 2.71 bits per heavy atom. The highest BCUT2D eigenvalue weighted by molar-refractivity contribution is 5.87. The summed E-state index contributed by atoms with van der Waals surface area (Å²) >= 11 is 0. The van der Waals surface area contributed by atoms with E-state index in [1.165, 1.54) is 12.1 Å². The van der Waals surface area contributed by atoms with Crippen LogP contribution in [0, 0.1) is 29.8 Å². The Bertz CT molecular complexity index is 1230. The first kappa shape index (κ1) is 17.6. The van der Waals surface area contributed by atoms with Crippen molar-refractivity contribution in [1.29, 1.82) is 0 Å². The second kappa shape index (κ2) is 6.41. The Kier molecular flexibility index (Phi) is 4.03. The SMILES string of the molecule is Cc1cn(-c2nc(Nc3cnn(C)c3C)ncc2F)c2ccc([N+](=O)[O-])cc12. The van der Waals surface area contributed by atoms with Crippen LogP contribution in [0.15, 0.2) is 36.8 Å². The van der Waals surface area contributed by atoms with Crippen molar-refractivity contribution < 1.29 is 9.31 Å². The molecule has 0 fully saturated rings. The van der Waals surface area contributed by atoms with Gasteiger partial charge in [-0.3, -0.25) is 19.4 Å². The van der Waals surface area contributed by atoms with Gasteiger partial charge < -0.3 is 5.32 Å². The summed E-state index contributed by atoms with van der Waals surface area (Å²) in [5.41, 5.74) is 2.96. The normalized spacial score (nSPS) is 11.1. The number of rotatable bonds is 4. The lowest BCUT2D eigenvalue weighted by Gasteiger charge is -2.09. The first-order valence-corrected chi connectivity index (χ1v) is 8.40. The number of aromatic nitrogens is 5. The van der Waals surface area contributed by atoms with E-state index in [2.05, 4.69) is 20.4 Å². The fourth-order valence-electron chi connectivity index (χ4n) is 3.00. The van der Waals surface area contributed by atoms with Crippen molar-refractivity contribution >= 4 is 28.2 Å². The largest absolute Gasteiger partial charge is 0.321 e. The monoisotopic (exact) mass is 381 g/mol. The van der Waals surface area contributed by atoms with Crippen molar-refractivity contribution in [3.63, 3.8) is 0 Å². The predicted octanol–water partition coefficient (Wildman–Crippen LogP) is 3.56. The van der Waals surface area contributed by atoms with Crippen LogP contribution in [0.5, 0.6) is 0 Å². The van der Waals surface area contributed by atoms with E-state index >= 15 is 0 Å². The fraction of sp³-hybridized carbons (Fsp3) is 0.167. The molecule has 4 aromatic rings. The molecule has 142 valence electrons. The molecule has 0 aliphatic heterocycles. The van der Waals surface area contributed by atoms with Gasteiger partial charge in [-0.2, -0.15) is 10.1 Å². The molecular formula is C18H16FN7O2. The van der Waals surface area contributed by atoms with Gasteiger partial charge in [0, 0.05) is 30.8 Å². The topological polar surface area (TPSA) is 104 Å². The fourth-order valence-corrected chi connectivity index (χ4v) is 3.00. The van der Waals surface area contributed by atoms with E-state index in [9.17, 15) is 14.5 Å². The number of anilines is 2. The molecule has 0 bridgehead atoms. The maximum atomic E-state index is 14.5. The molecule has 0 unspecified atom stereocenters. The van der Waals surface area contributed by atoms with Gasteiger partial charge in [0.2, 0.25) is 5.95 Å². The van der Waals surface area contributed by atoms with Gasteiger partial charge in [-0.1, -0.05) is 0 Å². The van der Waals surface area contributed by atoms with Crippen molar-refractivity contribution in [2.45, 2.75) is 13.8 Å². The van der Waals surface area contributed by atoms with Crippen molar-refractivity contribution in [2.75, 3.05) is 5.32 Å². The zero-order chi connectivity index (χ0) is 20.0. The second-order valence-electron chi connectivity index (χ2n) is 6.40. The Labute approximate surface area is 158 Å². The van der Waals surface area contributed by atoms with Crippen LogP contribution in [0.1, 0.15) is 11.3 Å². The molecule has 10 heteroatoms. The number of hydrogen-bond acceptors (Lipinski definition) is 6. The highest BCUT2D eigenvalue weighted by atomic mass is 19.1. The molecule has 0 spiro atoms. The molecule has 3 aromatic heterocycles. The zero-order valence-electron chi connectivity index (χ0n) is 15.3. The number of aryl methyl sites for hydroxylation is 2. The Hall–Kier alpha value is -3.82. The maximum absolute atomic E-state index is 14.5. The lowest BCUT2D eigenvalue weighted by atomic mass is 10.2. The van der Waals surface area contributed by atoms with E-state index < -0.39 is 10.7 Å². The second-order valence-corrected chi connectivity index (χ2v) is 6.40. The van der Waals surface area contributed by atoms with Gasteiger partial charge in [0.25, 0.3) is 5.69 Å². The number of hydrogen-bond donors (Lipinski definition) is 1. The Morgan fingerprint density at radius 1 is 1.25 bits per heavy atom. The molecule has 0 saturated carbocycles. The molecule has 0 radical (unpaired) electrons. The summed E-state index contributed by atoms with van der Waals surface area (Å²) in [7, 11) is 1.81. The summed E-state index contributed by atoms with van der Waals surface area (Å²) in [4.78, 5) is 18.9. The first-order valence-electron chi connectivity index (χ1n) is 8.40. The lowest BCUT2D eigenvalue weighted by molar-refractivity contribution is -0.384. The number of nitro benzene ring substituents is 1. The minimum absolute atomic E-state index is 0.0223. The van der Waals surface area contributed by atoms with Crippen LogP contribution in [-0.4, -0.2) is 29.2 Å². The number of halogens is 1. The van der Waals surface area contributed by atoms with Crippen LogP contribution < -0.4 is 5.32 Å². The average Bonchev–Trinajstić information content (AvgIpc) is 3.17. The third-order valence-electron chi connectivity index (χ3n) is 4.63.